The molecular weight excluding hydrogens is 312 g/mol. The van der Waals surface area contributed by atoms with Crippen molar-refractivity contribution in [2.45, 2.75) is 20.0 Å². The molecule has 0 radical (unpaired) electrons. The van der Waals surface area contributed by atoms with Gasteiger partial charge in [-0.05, 0) is 31.2 Å². The summed E-state index contributed by atoms with van der Waals surface area (Å²) in [5.41, 5.74) is 4.36. The lowest BCUT2D eigenvalue weighted by atomic mass is 10.0. The number of fused-ring (bicyclic) bond motifs is 1. The van der Waals surface area contributed by atoms with E-state index in [0.717, 1.165) is 28.7 Å². The van der Waals surface area contributed by atoms with Crippen LogP contribution in [0.3, 0.4) is 0 Å². The van der Waals surface area contributed by atoms with Gasteiger partial charge in [0.1, 0.15) is 0 Å². The second-order valence-electron chi connectivity index (χ2n) is 6.23. The lowest BCUT2D eigenvalue weighted by molar-refractivity contribution is 0.0597. The molecule has 0 bridgehead atoms. The third-order valence-electron chi connectivity index (χ3n) is 4.33. The number of methoxy groups -OCH3 is 1. The molecule has 0 spiro atoms. The van der Waals surface area contributed by atoms with E-state index in [1.165, 1.54) is 12.7 Å². The Morgan fingerprint density at radius 2 is 1.72 bits per heavy atom. The molecule has 1 aromatic heterocycles. The quantitative estimate of drug-likeness (QED) is 0.662. The SMILES string of the molecule is COC(=O)c1c(CN(C)Cc2ccccc2)nc2ccccc2c1C. The van der Waals surface area contributed by atoms with Gasteiger partial charge in [-0.2, -0.15) is 0 Å². The van der Waals surface area contributed by atoms with Gasteiger partial charge in [0.05, 0.1) is 23.9 Å². The van der Waals surface area contributed by atoms with Gasteiger partial charge in [0.25, 0.3) is 0 Å². The van der Waals surface area contributed by atoms with E-state index in [1.54, 1.807) is 0 Å². The average molecular weight is 334 g/mol. The van der Waals surface area contributed by atoms with Gasteiger partial charge in [0.2, 0.25) is 0 Å². The minimum Gasteiger partial charge on any atom is -0.465 e. The molecule has 25 heavy (non-hydrogen) atoms. The predicted octanol–water partition coefficient (Wildman–Crippen LogP) is 3.96. The van der Waals surface area contributed by atoms with Gasteiger partial charge < -0.3 is 4.74 Å². The van der Waals surface area contributed by atoms with Gasteiger partial charge in [0.15, 0.2) is 0 Å². The van der Waals surface area contributed by atoms with Crippen molar-refractivity contribution in [2.24, 2.45) is 0 Å². The maximum atomic E-state index is 12.4. The molecule has 0 fully saturated rings. The summed E-state index contributed by atoms with van der Waals surface area (Å²) in [7, 11) is 3.44. The van der Waals surface area contributed by atoms with Gasteiger partial charge in [-0.15, -0.1) is 0 Å². The van der Waals surface area contributed by atoms with Crippen LogP contribution in [0, 0.1) is 6.92 Å². The first-order chi connectivity index (χ1) is 12.1. The summed E-state index contributed by atoms with van der Waals surface area (Å²) in [6.45, 7) is 3.32. The van der Waals surface area contributed by atoms with Crippen molar-refractivity contribution >= 4 is 16.9 Å². The summed E-state index contributed by atoms with van der Waals surface area (Å²) in [6, 6.07) is 18.1. The Kier molecular flexibility index (Phi) is 5.10. The van der Waals surface area contributed by atoms with Crippen molar-refractivity contribution in [3.8, 4) is 0 Å². The van der Waals surface area contributed by atoms with Crippen LogP contribution in [0.25, 0.3) is 10.9 Å². The topological polar surface area (TPSA) is 42.4 Å². The highest BCUT2D eigenvalue weighted by molar-refractivity contribution is 5.98. The zero-order valence-corrected chi connectivity index (χ0v) is 14.8. The average Bonchev–Trinajstić information content (AvgIpc) is 2.62. The molecular formula is C21H22N2O2. The molecule has 0 saturated carbocycles. The number of nitrogens with zero attached hydrogens (tertiary/aromatic N) is 2. The molecule has 3 rings (SSSR count). The number of hydrogen-bond acceptors (Lipinski definition) is 4. The second-order valence-corrected chi connectivity index (χ2v) is 6.23. The van der Waals surface area contributed by atoms with Gasteiger partial charge in [0, 0.05) is 18.5 Å². The first kappa shape index (κ1) is 17.1. The summed E-state index contributed by atoms with van der Waals surface area (Å²) < 4.78 is 5.01. The molecule has 2 aromatic carbocycles. The number of pyridine rings is 1. The van der Waals surface area contributed by atoms with Crippen molar-refractivity contribution in [3.05, 3.63) is 77.0 Å². The number of carbonyl (C=O) groups is 1. The predicted molar refractivity (Wildman–Crippen MR) is 99.4 cm³/mol. The van der Waals surface area contributed by atoms with Crippen LogP contribution in [-0.2, 0) is 17.8 Å². The van der Waals surface area contributed by atoms with Gasteiger partial charge in [-0.3, -0.25) is 9.88 Å². The van der Waals surface area contributed by atoms with Crippen LogP contribution in [0.5, 0.6) is 0 Å². The number of esters is 1. The molecule has 1 heterocycles. The highest BCUT2D eigenvalue weighted by Gasteiger charge is 2.20. The van der Waals surface area contributed by atoms with E-state index in [2.05, 4.69) is 17.0 Å². The van der Waals surface area contributed by atoms with Crippen LogP contribution in [0.15, 0.2) is 54.6 Å². The minimum atomic E-state index is -0.334. The van der Waals surface area contributed by atoms with E-state index in [4.69, 9.17) is 9.72 Å². The number of carbonyl (C=O) groups excluding carboxylic acids is 1. The molecule has 4 heteroatoms. The van der Waals surface area contributed by atoms with Gasteiger partial charge >= 0.3 is 5.97 Å². The Bertz CT molecular complexity index is 891. The Hall–Kier alpha value is -2.72. The molecule has 0 aliphatic rings. The maximum absolute atomic E-state index is 12.4. The molecule has 0 aliphatic heterocycles. The Balaban J connectivity index is 1.97. The number of rotatable bonds is 5. The van der Waals surface area contributed by atoms with E-state index >= 15 is 0 Å². The molecule has 0 aliphatic carbocycles. The summed E-state index contributed by atoms with van der Waals surface area (Å²) in [4.78, 5) is 19.3. The third kappa shape index (κ3) is 3.69. The van der Waals surface area contributed by atoms with Gasteiger partial charge in [-0.25, -0.2) is 4.79 Å². The van der Waals surface area contributed by atoms with Crippen molar-refractivity contribution in [2.75, 3.05) is 14.2 Å². The van der Waals surface area contributed by atoms with Crippen LogP contribution < -0.4 is 0 Å². The van der Waals surface area contributed by atoms with Crippen LogP contribution in [-0.4, -0.2) is 30.0 Å². The van der Waals surface area contributed by atoms with E-state index in [0.29, 0.717) is 12.1 Å². The highest BCUT2D eigenvalue weighted by atomic mass is 16.5. The van der Waals surface area contributed by atoms with E-state index in [9.17, 15) is 4.79 Å². The van der Waals surface area contributed by atoms with Crippen LogP contribution in [0.4, 0.5) is 0 Å². The third-order valence-corrected chi connectivity index (χ3v) is 4.33. The number of benzene rings is 2. The summed E-state index contributed by atoms with van der Waals surface area (Å²) in [6.07, 6.45) is 0. The fourth-order valence-electron chi connectivity index (χ4n) is 3.13. The number of aromatic nitrogens is 1. The molecule has 0 unspecified atom stereocenters. The van der Waals surface area contributed by atoms with E-state index in [1.807, 2.05) is 56.4 Å². The number of ether oxygens (including phenoxy) is 1. The Labute approximate surface area is 148 Å². The first-order valence-electron chi connectivity index (χ1n) is 8.29. The summed E-state index contributed by atoms with van der Waals surface area (Å²) in [5.74, 6) is -0.334. The largest absolute Gasteiger partial charge is 0.465 e. The van der Waals surface area contributed by atoms with Crippen molar-refractivity contribution in [1.29, 1.82) is 0 Å². The molecule has 0 atom stereocenters. The first-order valence-corrected chi connectivity index (χ1v) is 8.29. The van der Waals surface area contributed by atoms with Crippen LogP contribution in [0.1, 0.15) is 27.2 Å². The fraction of sp³-hybridized carbons (Fsp3) is 0.238. The molecule has 128 valence electrons. The van der Waals surface area contributed by atoms with Crippen LogP contribution >= 0.6 is 0 Å². The number of para-hydroxylation sites is 1. The standard InChI is InChI=1S/C21H22N2O2/c1-15-17-11-7-8-12-18(17)22-19(20(15)21(24)25-3)14-23(2)13-16-9-5-4-6-10-16/h4-12H,13-14H2,1-3H3. The maximum Gasteiger partial charge on any atom is 0.340 e. The lowest BCUT2D eigenvalue weighted by Crippen LogP contribution is -2.21. The fourth-order valence-corrected chi connectivity index (χ4v) is 3.13. The smallest absolute Gasteiger partial charge is 0.340 e. The number of hydrogen-bond donors (Lipinski definition) is 0. The van der Waals surface area contributed by atoms with Gasteiger partial charge in [-0.1, -0.05) is 48.5 Å². The lowest BCUT2D eigenvalue weighted by Gasteiger charge is -2.19. The second kappa shape index (κ2) is 7.45. The van der Waals surface area contributed by atoms with Crippen molar-refractivity contribution in [1.82, 2.24) is 9.88 Å². The highest BCUT2D eigenvalue weighted by Crippen LogP contribution is 2.24. The summed E-state index contributed by atoms with van der Waals surface area (Å²) in [5, 5.41) is 0.984. The summed E-state index contributed by atoms with van der Waals surface area (Å²) >= 11 is 0. The van der Waals surface area contributed by atoms with E-state index in [-0.39, 0.29) is 5.97 Å². The normalized spacial score (nSPS) is 11.0. The molecule has 4 nitrogen and oxygen atoms in total. The van der Waals surface area contributed by atoms with Crippen molar-refractivity contribution in [3.63, 3.8) is 0 Å². The minimum absolute atomic E-state index is 0.334. The zero-order chi connectivity index (χ0) is 17.8. The molecule has 0 N–H and O–H groups in total. The Morgan fingerprint density at radius 1 is 1.04 bits per heavy atom. The zero-order valence-electron chi connectivity index (χ0n) is 14.8. The molecule has 3 aromatic rings. The molecule has 0 amide bonds. The van der Waals surface area contributed by atoms with Crippen LogP contribution in [0.2, 0.25) is 0 Å². The molecule has 0 saturated heterocycles. The van der Waals surface area contributed by atoms with Crippen molar-refractivity contribution < 1.29 is 9.53 Å². The number of aryl methyl sites for hydroxylation is 1. The Morgan fingerprint density at radius 3 is 2.44 bits per heavy atom. The van der Waals surface area contributed by atoms with E-state index < -0.39 is 0 Å². The monoisotopic (exact) mass is 334 g/mol.